The SMILES string of the molecule is CCCCCCCCCCCCC(C)N(C)C(C)(CCO)C(=O)OC. The quantitative estimate of drug-likeness (QED) is 0.314. The molecule has 0 heterocycles. The van der Waals surface area contributed by atoms with E-state index in [1.54, 1.807) is 0 Å². The molecule has 0 saturated carbocycles. The normalized spacial score (nSPS) is 15.2. The Morgan fingerprint density at radius 1 is 1.04 bits per heavy atom. The zero-order valence-electron chi connectivity index (χ0n) is 17.5. The van der Waals surface area contributed by atoms with Gasteiger partial charge in [-0.05, 0) is 33.7 Å². The molecule has 2 atom stereocenters. The van der Waals surface area contributed by atoms with E-state index in [-0.39, 0.29) is 12.6 Å². The fraction of sp³-hybridized carbons (Fsp3) is 0.952. The van der Waals surface area contributed by atoms with Crippen molar-refractivity contribution in [2.45, 2.75) is 109 Å². The highest BCUT2D eigenvalue weighted by molar-refractivity contribution is 5.80. The highest BCUT2D eigenvalue weighted by atomic mass is 16.5. The van der Waals surface area contributed by atoms with Crippen LogP contribution < -0.4 is 0 Å². The predicted molar refractivity (Wildman–Crippen MR) is 106 cm³/mol. The van der Waals surface area contributed by atoms with E-state index in [4.69, 9.17) is 4.74 Å². The van der Waals surface area contributed by atoms with Gasteiger partial charge < -0.3 is 9.84 Å². The number of carbonyl (C=O) groups is 1. The van der Waals surface area contributed by atoms with Gasteiger partial charge in [0.1, 0.15) is 5.54 Å². The molecule has 1 N–H and O–H groups in total. The molecule has 0 spiro atoms. The summed E-state index contributed by atoms with van der Waals surface area (Å²) in [6.45, 7) is 6.27. The van der Waals surface area contributed by atoms with Gasteiger partial charge >= 0.3 is 5.97 Å². The summed E-state index contributed by atoms with van der Waals surface area (Å²) >= 11 is 0. The Hall–Kier alpha value is -0.610. The van der Waals surface area contributed by atoms with Crippen LogP contribution in [0, 0.1) is 0 Å². The third kappa shape index (κ3) is 9.60. The van der Waals surface area contributed by atoms with E-state index in [1.807, 2.05) is 14.0 Å². The van der Waals surface area contributed by atoms with Gasteiger partial charge in [0, 0.05) is 12.6 Å². The molecular formula is C21H43NO3. The van der Waals surface area contributed by atoms with Crippen LogP contribution in [0.25, 0.3) is 0 Å². The predicted octanol–water partition coefficient (Wildman–Crippen LogP) is 4.93. The van der Waals surface area contributed by atoms with E-state index in [1.165, 1.54) is 71.3 Å². The number of hydrogen-bond donors (Lipinski definition) is 1. The second-order valence-corrected chi connectivity index (χ2v) is 7.67. The van der Waals surface area contributed by atoms with Crippen molar-refractivity contribution in [2.75, 3.05) is 20.8 Å². The number of aliphatic hydroxyl groups is 1. The lowest BCUT2D eigenvalue weighted by molar-refractivity contribution is -0.156. The van der Waals surface area contributed by atoms with Gasteiger partial charge in [-0.1, -0.05) is 71.1 Å². The molecule has 25 heavy (non-hydrogen) atoms. The van der Waals surface area contributed by atoms with Crippen LogP contribution in [0.15, 0.2) is 0 Å². The average Bonchev–Trinajstić information content (AvgIpc) is 2.61. The molecule has 0 aliphatic heterocycles. The van der Waals surface area contributed by atoms with Crippen LogP contribution >= 0.6 is 0 Å². The van der Waals surface area contributed by atoms with E-state index in [0.29, 0.717) is 12.5 Å². The highest BCUT2D eigenvalue weighted by Gasteiger charge is 2.39. The number of likely N-dealkylation sites (N-methyl/N-ethyl adjacent to an activating group) is 1. The number of esters is 1. The molecule has 0 aliphatic rings. The molecule has 0 rings (SSSR count). The first-order valence-corrected chi connectivity index (χ1v) is 10.4. The first-order valence-electron chi connectivity index (χ1n) is 10.4. The molecular weight excluding hydrogens is 314 g/mol. The standard InChI is InChI=1S/C21H43NO3/c1-6-7-8-9-10-11-12-13-14-15-16-19(2)22(4)21(3,17-18-23)20(24)25-5/h19,23H,6-18H2,1-5H3. The minimum absolute atomic E-state index is 0.0130. The molecule has 0 aromatic carbocycles. The summed E-state index contributed by atoms with van der Waals surface area (Å²) in [5.41, 5.74) is -0.749. The van der Waals surface area contributed by atoms with Crippen LogP contribution in [-0.2, 0) is 9.53 Å². The maximum Gasteiger partial charge on any atom is 0.326 e. The number of hydrogen-bond acceptors (Lipinski definition) is 4. The topological polar surface area (TPSA) is 49.8 Å². The third-order valence-corrected chi connectivity index (χ3v) is 5.64. The van der Waals surface area contributed by atoms with E-state index >= 15 is 0 Å². The Balaban J connectivity index is 3.96. The van der Waals surface area contributed by atoms with Gasteiger partial charge in [0.25, 0.3) is 0 Å². The summed E-state index contributed by atoms with van der Waals surface area (Å²) in [7, 11) is 3.38. The summed E-state index contributed by atoms with van der Waals surface area (Å²) in [6, 6.07) is 0.296. The van der Waals surface area contributed by atoms with Crippen molar-refractivity contribution in [1.82, 2.24) is 4.90 Å². The van der Waals surface area contributed by atoms with Gasteiger partial charge in [-0.15, -0.1) is 0 Å². The van der Waals surface area contributed by atoms with E-state index in [9.17, 15) is 9.90 Å². The summed E-state index contributed by atoms with van der Waals surface area (Å²) in [6.07, 6.45) is 14.8. The first-order chi connectivity index (χ1) is 11.9. The van der Waals surface area contributed by atoms with Crippen LogP contribution in [-0.4, -0.2) is 48.3 Å². The molecule has 0 aromatic rings. The molecule has 0 amide bonds. The molecule has 0 radical (unpaired) electrons. The van der Waals surface area contributed by atoms with Crippen molar-refractivity contribution < 1.29 is 14.6 Å². The fourth-order valence-electron chi connectivity index (χ4n) is 3.47. The zero-order chi connectivity index (χ0) is 19.1. The van der Waals surface area contributed by atoms with Crippen LogP contribution in [0.3, 0.4) is 0 Å². The Morgan fingerprint density at radius 2 is 1.52 bits per heavy atom. The minimum atomic E-state index is -0.749. The van der Waals surface area contributed by atoms with Crippen molar-refractivity contribution >= 4 is 5.97 Å². The number of aliphatic hydroxyl groups excluding tert-OH is 1. The van der Waals surface area contributed by atoms with Crippen LogP contribution in [0.2, 0.25) is 0 Å². The Labute approximate surface area is 156 Å². The highest BCUT2D eigenvalue weighted by Crippen LogP contribution is 2.24. The lowest BCUT2D eigenvalue weighted by Crippen LogP contribution is -2.55. The molecule has 0 bridgehead atoms. The van der Waals surface area contributed by atoms with Crippen LogP contribution in [0.1, 0.15) is 97.8 Å². The lowest BCUT2D eigenvalue weighted by Gasteiger charge is -2.40. The fourth-order valence-corrected chi connectivity index (χ4v) is 3.47. The van der Waals surface area contributed by atoms with Gasteiger partial charge in [-0.3, -0.25) is 9.69 Å². The van der Waals surface area contributed by atoms with E-state index in [2.05, 4.69) is 18.7 Å². The Kier molecular flexibility index (Phi) is 14.2. The number of methoxy groups -OCH3 is 1. The number of ether oxygens (including phenoxy) is 1. The molecule has 0 aromatic heterocycles. The lowest BCUT2D eigenvalue weighted by atomic mass is 9.93. The molecule has 0 aliphatic carbocycles. The largest absolute Gasteiger partial charge is 0.468 e. The van der Waals surface area contributed by atoms with Gasteiger partial charge in [0.15, 0.2) is 0 Å². The van der Waals surface area contributed by atoms with Crippen LogP contribution in [0.5, 0.6) is 0 Å². The van der Waals surface area contributed by atoms with E-state index < -0.39 is 5.54 Å². The number of rotatable bonds is 16. The van der Waals surface area contributed by atoms with Crippen molar-refractivity contribution in [3.63, 3.8) is 0 Å². The van der Waals surface area contributed by atoms with Gasteiger partial charge in [0.2, 0.25) is 0 Å². The third-order valence-electron chi connectivity index (χ3n) is 5.64. The average molecular weight is 358 g/mol. The van der Waals surface area contributed by atoms with Crippen molar-refractivity contribution in [1.29, 1.82) is 0 Å². The van der Waals surface area contributed by atoms with E-state index in [0.717, 1.165) is 6.42 Å². The Bertz CT molecular complexity index is 335. The zero-order valence-corrected chi connectivity index (χ0v) is 17.5. The monoisotopic (exact) mass is 357 g/mol. The molecule has 150 valence electrons. The molecule has 2 unspecified atom stereocenters. The first kappa shape index (κ1) is 24.4. The number of nitrogens with zero attached hydrogens (tertiary/aromatic N) is 1. The maximum absolute atomic E-state index is 12.1. The summed E-state index contributed by atoms with van der Waals surface area (Å²) in [4.78, 5) is 14.2. The maximum atomic E-state index is 12.1. The summed E-state index contributed by atoms with van der Waals surface area (Å²) in [5.74, 6) is -0.265. The minimum Gasteiger partial charge on any atom is -0.468 e. The van der Waals surface area contributed by atoms with Crippen LogP contribution in [0.4, 0.5) is 0 Å². The number of unbranched alkanes of at least 4 members (excludes halogenated alkanes) is 9. The van der Waals surface area contributed by atoms with Gasteiger partial charge in [-0.2, -0.15) is 0 Å². The van der Waals surface area contributed by atoms with Crippen molar-refractivity contribution in [3.05, 3.63) is 0 Å². The smallest absolute Gasteiger partial charge is 0.326 e. The van der Waals surface area contributed by atoms with Crippen molar-refractivity contribution in [3.8, 4) is 0 Å². The van der Waals surface area contributed by atoms with Gasteiger partial charge in [-0.25, -0.2) is 0 Å². The molecule has 0 saturated heterocycles. The molecule has 0 fully saturated rings. The second kappa shape index (κ2) is 14.5. The molecule has 4 nitrogen and oxygen atoms in total. The second-order valence-electron chi connectivity index (χ2n) is 7.67. The number of carbonyl (C=O) groups excluding carboxylic acids is 1. The Morgan fingerprint density at radius 3 is 1.96 bits per heavy atom. The molecule has 4 heteroatoms. The summed E-state index contributed by atoms with van der Waals surface area (Å²) in [5, 5.41) is 9.31. The summed E-state index contributed by atoms with van der Waals surface area (Å²) < 4.78 is 4.95. The van der Waals surface area contributed by atoms with Gasteiger partial charge in [0.05, 0.1) is 7.11 Å². The van der Waals surface area contributed by atoms with Crippen molar-refractivity contribution in [2.24, 2.45) is 0 Å².